The first-order chi connectivity index (χ1) is 13.7. The van der Waals surface area contributed by atoms with E-state index in [2.05, 4.69) is 30.7 Å². The van der Waals surface area contributed by atoms with Crippen LogP contribution >= 0.6 is 0 Å². The molecular weight excluding hydrogens is 366 g/mol. The molecule has 1 saturated heterocycles. The molecule has 2 heterocycles. The molecule has 0 spiro atoms. The molecule has 2 N–H and O–H groups in total. The maximum Gasteiger partial charge on any atom is 0.249 e. The molecule has 0 amide bonds. The number of nitrogens with one attached hydrogen (secondary N) is 2. The molecular formula is C19H18F2N6O. The Bertz CT molecular complexity index is 965. The quantitative estimate of drug-likeness (QED) is 0.698. The Balaban J connectivity index is 1.54. The van der Waals surface area contributed by atoms with Crippen LogP contribution in [0.25, 0.3) is 0 Å². The molecule has 1 fully saturated rings. The predicted octanol–water partition coefficient (Wildman–Crippen LogP) is 3.47. The highest BCUT2D eigenvalue weighted by Gasteiger charge is 2.15. The van der Waals surface area contributed by atoms with Gasteiger partial charge in [-0.15, -0.1) is 5.10 Å². The number of anilines is 5. The standard InChI is InChI=1S/C19H18F2N6O/c20-13-5-6-15(14(21)11-13)24-19-25-18(12-22-26-19)23-16-3-1-2-4-17(16)27-7-9-28-10-8-27/h1-6,11-12H,7-10H2,(H2,23,24,25,26). The van der Waals surface area contributed by atoms with Crippen molar-refractivity contribution in [1.82, 2.24) is 15.2 Å². The van der Waals surface area contributed by atoms with Gasteiger partial charge in [0.2, 0.25) is 5.95 Å². The van der Waals surface area contributed by atoms with Crippen LogP contribution in [0.4, 0.5) is 37.6 Å². The molecule has 7 nitrogen and oxygen atoms in total. The van der Waals surface area contributed by atoms with E-state index >= 15 is 0 Å². The first kappa shape index (κ1) is 18.1. The number of para-hydroxylation sites is 2. The van der Waals surface area contributed by atoms with Gasteiger partial charge in [0.25, 0.3) is 0 Å². The second-order valence-corrected chi connectivity index (χ2v) is 6.16. The lowest BCUT2D eigenvalue weighted by Gasteiger charge is -2.30. The summed E-state index contributed by atoms with van der Waals surface area (Å²) in [5.74, 6) is -0.850. The molecule has 0 bridgehead atoms. The number of morpholine rings is 1. The topological polar surface area (TPSA) is 75.2 Å². The van der Waals surface area contributed by atoms with Crippen molar-refractivity contribution < 1.29 is 13.5 Å². The zero-order valence-corrected chi connectivity index (χ0v) is 14.9. The number of hydrogen-bond acceptors (Lipinski definition) is 7. The van der Waals surface area contributed by atoms with Crippen molar-refractivity contribution >= 4 is 28.8 Å². The van der Waals surface area contributed by atoms with Crippen LogP contribution in [0, 0.1) is 11.6 Å². The van der Waals surface area contributed by atoms with Crippen molar-refractivity contribution in [1.29, 1.82) is 0 Å². The van der Waals surface area contributed by atoms with Gasteiger partial charge in [-0.1, -0.05) is 12.1 Å². The molecule has 3 aromatic rings. The van der Waals surface area contributed by atoms with Gasteiger partial charge < -0.3 is 20.3 Å². The summed E-state index contributed by atoms with van der Waals surface area (Å²) in [5.41, 5.74) is 1.96. The van der Waals surface area contributed by atoms with Crippen molar-refractivity contribution in [3.05, 3.63) is 60.3 Å². The van der Waals surface area contributed by atoms with E-state index in [4.69, 9.17) is 4.74 Å². The highest BCUT2D eigenvalue weighted by molar-refractivity contribution is 5.74. The minimum atomic E-state index is -0.736. The van der Waals surface area contributed by atoms with Gasteiger partial charge in [-0.2, -0.15) is 10.1 Å². The smallest absolute Gasteiger partial charge is 0.249 e. The fourth-order valence-corrected chi connectivity index (χ4v) is 2.93. The van der Waals surface area contributed by atoms with E-state index in [1.165, 1.54) is 12.3 Å². The van der Waals surface area contributed by atoms with Gasteiger partial charge in [0.05, 0.1) is 36.5 Å². The molecule has 0 saturated carbocycles. The zero-order valence-electron chi connectivity index (χ0n) is 14.9. The normalized spacial score (nSPS) is 14.0. The van der Waals surface area contributed by atoms with Crippen LogP contribution < -0.4 is 15.5 Å². The van der Waals surface area contributed by atoms with Crippen molar-refractivity contribution in [2.24, 2.45) is 0 Å². The highest BCUT2D eigenvalue weighted by Crippen LogP contribution is 2.29. The lowest BCUT2D eigenvalue weighted by Crippen LogP contribution is -2.36. The minimum Gasteiger partial charge on any atom is -0.378 e. The van der Waals surface area contributed by atoms with E-state index in [-0.39, 0.29) is 11.6 Å². The van der Waals surface area contributed by atoms with Gasteiger partial charge in [0, 0.05) is 19.2 Å². The van der Waals surface area contributed by atoms with Gasteiger partial charge in [-0.3, -0.25) is 0 Å². The SMILES string of the molecule is Fc1ccc(Nc2nncc(Nc3ccccc3N3CCOCC3)n2)c(F)c1. The molecule has 1 aliphatic rings. The van der Waals surface area contributed by atoms with Crippen LogP contribution in [0.15, 0.2) is 48.7 Å². The van der Waals surface area contributed by atoms with Crippen LogP contribution in [0.3, 0.4) is 0 Å². The van der Waals surface area contributed by atoms with E-state index in [1.807, 2.05) is 24.3 Å². The van der Waals surface area contributed by atoms with E-state index in [0.29, 0.717) is 19.0 Å². The Labute approximate surface area is 160 Å². The summed E-state index contributed by atoms with van der Waals surface area (Å²) in [6, 6.07) is 11.1. The van der Waals surface area contributed by atoms with Crippen LogP contribution in [-0.4, -0.2) is 41.5 Å². The summed E-state index contributed by atoms with van der Waals surface area (Å²) in [4.78, 5) is 6.54. The zero-order chi connectivity index (χ0) is 19.3. The van der Waals surface area contributed by atoms with E-state index in [1.54, 1.807) is 0 Å². The van der Waals surface area contributed by atoms with Crippen LogP contribution in [0.1, 0.15) is 0 Å². The highest BCUT2D eigenvalue weighted by atomic mass is 19.1. The van der Waals surface area contributed by atoms with Crippen molar-refractivity contribution in [3.63, 3.8) is 0 Å². The molecule has 0 unspecified atom stereocenters. The Morgan fingerprint density at radius 3 is 2.61 bits per heavy atom. The monoisotopic (exact) mass is 384 g/mol. The van der Waals surface area contributed by atoms with Gasteiger partial charge in [0.1, 0.15) is 11.6 Å². The number of halogens is 2. The van der Waals surface area contributed by atoms with Crippen molar-refractivity contribution in [2.75, 3.05) is 41.8 Å². The Hall–Kier alpha value is -3.33. The number of aromatic nitrogens is 3. The Morgan fingerprint density at radius 1 is 0.964 bits per heavy atom. The summed E-state index contributed by atoms with van der Waals surface area (Å²) >= 11 is 0. The fraction of sp³-hybridized carbons (Fsp3) is 0.211. The lowest BCUT2D eigenvalue weighted by molar-refractivity contribution is 0.123. The number of hydrogen-bond donors (Lipinski definition) is 2. The summed E-state index contributed by atoms with van der Waals surface area (Å²) < 4.78 is 32.3. The molecule has 0 atom stereocenters. The maximum absolute atomic E-state index is 13.8. The van der Waals surface area contributed by atoms with E-state index < -0.39 is 11.6 Å². The number of rotatable bonds is 5. The summed E-state index contributed by atoms with van der Waals surface area (Å²) in [5, 5.41) is 13.7. The minimum absolute atomic E-state index is 0.0640. The van der Waals surface area contributed by atoms with E-state index in [0.717, 1.165) is 36.6 Å². The molecule has 28 heavy (non-hydrogen) atoms. The molecule has 2 aromatic carbocycles. The van der Waals surface area contributed by atoms with Gasteiger partial charge in [-0.25, -0.2) is 8.78 Å². The summed E-state index contributed by atoms with van der Waals surface area (Å²) in [6.07, 6.45) is 1.47. The molecule has 4 rings (SSSR count). The second kappa shape index (κ2) is 8.13. The van der Waals surface area contributed by atoms with Crippen molar-refractivity contribution in [3.8, 4) is 0 Å². The average molecular weight is 384 g/mol. The summed E-state index contributed by atoms with van der Waals surface area (Å²) in [7, 11) is 0. The van der Waals surface area contributed by atoms with Crippen LogP contribution in [-0.2, 0) is 4.74 Å². The lowest BCUT2D eigenvalue weighted by atomic mass is 10.2. The molecule has 1 aliphatic heterocycles. The predicted molar refractivity (Wildman–Crippen MR) is 102 cm³/mol. The third-order valence-electron chi connectivity index (χ3n) is 4.25. The molecule has 9 heteroatoms. The number of benzene rings is 2. The van der Waals surface area contributed by atoms with Crippen molar-refractivity contribution in [2.45, 2.75) is 0 Å². The first-order valence-corrected chi connectivity index (χ1v) is 8.79. The largest absolute Gasteiger partial charge is 0.378 e. The average Bonchev–Trinajstić information content (AvgIpc) is 2.72. The number of nitrogens with zero attached hydrogens (tertiary/aromatic N) is 4. The number of ether oxygens (including phenoxy) is 1. The maximum atomic E-state index is 13.8. The van der Waals surface area contributed by atoms with Crippen LogP contribution in [0.2, 0.25) is 0 Å². The Kier molecular flexibility index (Phi) is 5.24. The van der Waals surface area contributed by atoms with Gasteiger partial charge in [0.15, 0.2) is 5.82 Å². The van der Waals surface area contributed by atoms with Gasteiger partial charge in [-0.05, 0) is 24.3 Å². The van der Waals surface area contributed by atoms with Crippen LogP contribution in [0.5, 0.6) is 0 Å². The second-order valence-electron chi connectivity index (χ2n) is 6.16. The Morgan fingerprint density at radius 2 is 1.79 bits per heavy atom. The first-order valence-electron chi connectivity index (χ1n) is 8.79. The fourth-order valence-electron chi connectivity index (χ4n) is 2.93. The molecule has 1 aromatic heterocycles. The summed E-state index contributed by atoms with van der Waals surface area (Å²) in [6.45, 7) is 2.97. The van der Waals surface area contributed by atoms with Gasteiger partial charge >= 0.3 is 0 Å². The third kappa shape index (κ3) is 4.15. The van der Waals surface area contributed by atoms with E-state index in [9.17, 15) is 8.78 Å². The third-order valence-corrected chi connectivity index (χ3v) is 4.25. The molecule has 144 valence electrons. The molecule has 0 radical (unpaired) electrons. The molecule has 0 aliphatic carbocycles.